The van der Waals surface area contributed by atoms with Crippen LogP contribution in [0.25, 0.3) is 6.08 Å². The molecule has 0 fully saturated rings. The topological polar surface area (TPSA) is 108 Å². The highest BCUT2D eigenvalue weighted by molar-refractivity contribution is 6.15. The first-order chi connectivity index (χ1) is 19.4. The monoisotopic (exact) mass is 546 g/mol. The third-order valence-electron chi connectivity index (χ3n) is 7.05. The summed E-state index contributed by atoms with van der Waals surface area (Å²) in [6.45, 7) is 0.800. The van der Waals surface area contributed by atoms with Crippen LogP contribution in [0.1, 0.15) is 39.4 Å². The summed E-state index contributed by atoms with van der Waals surface area (Å²) in [6.07, 6.45) is 1.62. The number of allylic oxidation sites excluding steroid dienone is 1. The molecule has 3 aliphatic heterocycles. The Kier molecular flexibility index (Phi) is 6.37. The van der Waals surface area contributed by atoms with Gasteiger partial charge in [0.15, 0.2) is 28.8 Å². The van der Waals surface area contributed by atoms with Gasteiger partial charge in [-0.05, 0) is 42.0 Å². The lowest BCUT2D eigenvalue weighted by atomic mass is 9.84. The Morgan fingerprint density at radius 2 is 1.48 bits per heavy atom. The lowest BCUT2D eigenvalue weighted by Gasteiger charge is -2.28. The van der Waals surface area contributed by atoms with E-state index in [0.717, 1.165) is 5.56 Å². The maximum atomic E-state index is 13.5. The lowest BCUT2D eigenvalue weighted by molar-refractivity contribution is -0.135. The van der Waals surface area contributed by atoms with Crippen LogP contribution in [0.3, 0.4) is 0 Å². The molecule has 1 atom stereocenters. The molecule has 10 nitrogen and oxygen atoms in total. The predicted molar refractivity (Wildman–Crippen MR) is 142 cm³/mol. The molecule has 3 aliphatic rings. The molecule has 0 aliphatic carbocycles. The third-order valence-corrected chi connectivity index (χ3v) is 7.05. The number of carbonyl (C=O) groups is 2. The zero-order valence-electron chi connectivity index (χ0n) is 22.3. The van der Waals surface area contributed by atoms with Crippen LogP contribution >= 0.6 is 0 Å². The number of hydrogen-bond acceptors (Lipinski definition) is 10. The molecule has 3 aromatic rings. The Morgan fingerprint density at radius 3 is 2.23 bits per heavy atom. The minimum absolute atomic E-state index is 0.0341. The van der Waals surface area contributed by atoms with Gasteiger partial charge in [0, 0.05) is 23.1 Å². The lowest BCUT2D eigenvalue weighted by Crippen LogP contribution is -2.22. The van der Waals surface area contributed by atoms with Crippen molar-refractivity contribution in [2.24, 2.45) is 0 Å². The summed E-state index contributed by atoms with van der Waals surface area (Å²) >= 11 is 0. The maximum absolute atomic E-state index is 13.5. The molecule has 40 heavy (non-hydrogen) atoms. The number of carbonyl (C=O) groups excluding carboxylic acids is 2. The van der Waals surface area contributed by atoms with Gasteiger partial charge in [0.25, 0.3) is 0 Å². The zero-order chi connectivity index (χ0) is 28.0. The van der Waals surface area contributed by atoms with Crippen LogP contribution in [0.5, 0.6) is 46.0 Å². The Balaban J connectivity index is 1.45. The minimum Gasteiger partial charge on any atom is -0.496 e. The second-order valence-corrected chi connectivity index (χ2v) is 9.22. The predicted octanol–water partition coefficient (Wildman–Crippen LogP) is 4.55. The van der Waals surface area contributed by atoms with Gasteiger partial charge in [-0.3, -0.25) is 9.59 Å². The van der Waals surface area contributed by atoms with Crippen molar-refractivity contribution in [3.8, 4) is 46.0 Å². The summed E-state index contributed by atoms with van der Waals surface area (Å²) < 4.78 is 45.2. The number of benzene rings is 3. The van der Waals surface area contributed by atoms with Gasteiger partial charge in [-0.15, -0.1) is 0 Å². The van der Waals surface area contributed by atoms with Crippen molar-refractivity contribution in [2.75, 3.05) is 41.7 Å². The summed E-state index contributed by atoms with van der Waals surface area (Å²) in [5, 5.41) is 0. The van der Waals surface area contributed by atoms with Crippen molar-refractivity contribution in [1.29, 1.82) is 0 Å². The number of ether oxygens (including phenoxy) is 8. The fourth-order valence-corrected chi connectivity index (χ4v) is 5.19. The van der Waals surface area contributed by atoms with Crippen molar-refractivity contribution < 1.29 is 47.5 Å². The average molecular weight is 547 g/mol. The van der Waals surface area contributed by atoms with Crippen molar-refractivity contribution in [3.05, 3.63) is 64.4 Å². The second-order valence-electron chi connectivity index (χ2n) is 9.22. The van der Waals surface area contributed by atoms with E-state index in [2.05, 4.69) is 0 Å². The fourth-order valence-electron chi connectivity index (χ4n) is 5.19. The van der Waals surface area contributed by atoms with E-state index in [1.54, 1.807) is 37.5 Å². The van der Waals surface area contributed by atoms with Gasteiger partial charge in [-0.2, -0.15) is 0 Å². The molecule has 0 saturated carbocycles. The summed E-state index contributed by atoms with van der Waals surface area (Å²) in [4.78, 5) is 26.2. The van der Waals surface area contributed by atoms with E-state index in [1.165, 1.54) is 21.3 Å². The highest BCUT2D eigenvalue weighted by Gasteiger charge is 2.39. The van der Waals surface area contributed by atoms with E-state index in [-0.39, 0.29) is 18.0 Å². The zero-order valence-corrected chi connectivity index (χ0v) is 22.3. The number of fused-ring (bicyclic) bond motifs is 4. The first kappa shape index (κ1) is 25.4. The number of rotatable bonds is 6. The van der Waals surface area contributed by atoms with Crippen LogP contribution in [0, 0.1) is 0 Å². The molecular formula is C30H26O10. The third kappa shape index (κ3) is 4.12. The van der Waals surface area contributed by atoms with Crippen LogP contribution < -0.4 is 37.9 Å². The van der Waals surface area contributed by atoms with E-state index >= 15 is 0 Å². The highest BCUT2D eigenvalue weighted by Crippen LogP contribution is 2.51. The molecule has 6 rings (SSSR count). The molecular weight excluding hydrogens is 520 g/mol. The van der Waals surface area contributed by atoms with Gasteiger partial charge in [0.2, 0.25) is 11.5 Å². The molecule has 10 heteroatoms. The summed E-state index contributed by atoms with van der Waals surface area (Å²) in [6, 6.07) is 10.2. The van der Waals surface area contributed by atoms with E-state index in [4.69, 9.17) is 37.9 Å². The van der Waals surface area contributed by atoms with Crippen LogP contribution in [-0.2, 0) is 4.79 Å². The number of esters is 1. The molecule has 3 heterocycles. The van der Waals surface area contributed by atoms with Crippen LogP contribution in [0.4, 0.5) is 0 Å². The Hall–Kier alpha value is -4.86. The van der Waals surface area contributed by atoms with Crippen molar-refractivity contribution in [2.45, 2.75) is 12.3 Å². The van der Waals surface area contributed by atoms with E-state index < -0.39 is 11.9 Å². The minimum atomic E-state index is -0.487. The first-order valence-corrected chi connectivity index (χ1v) is 12.5. The molecule has 0 bridgehead atoms. The quantitative estimate of drug-likeness (QED) is 0.248. The molecule has 1 unspecified atom stereocenters. The smallest absolute Gasteiger partial charge is 0.312 e. The highest BCUT2D eigenvalue weighted by atomic mass is 16.6. The van der Waals surface area contributed by atoms with Crippen LogP contribution in [-0.4, -0.2) is 53.4 Å². The second kappa shape index (κ2) is 10.0. The van der Waals surface area contributed by atoms with Crippen molar-refractivity contribution in [1.82, 2.24) is 0 Å². The molecule has 206 valence electrons. The summed E-state index contributed by atoms with van der Waals surface area (Å²) in [7, 11) is 6.11. The maximum Gasteiger partial charge on any atom is 0.312 e. The standard InChI is InChI=1S/C30H26O10/c1-33-20-14-22(35-3)21(34-2)11-16(20)12-23-28(32)17-5-6-19-27(29(17)40-23)18(13-26(31)39-19)15-9-24(36-4)30-25(10-15)37-7-8-38-30/h5-6,9-12,14,18H,7-8,13H2,1-4H3/b23-12-. The first-order valence-electron chi connectivity index (χ1n) is 12.5. The van der Waals surface area contributed by atoms with E-state index in [9.17, 15) is 9.59 Å². The SMILES string of the molecule is COc1cc(OC)c(OC)cc1/C=C1\Oc2c(ccc3c2C(c2cc(OC)c4c(c2)OCCO4)CC(=O)O3)C1=O. The number of methoxy groups -OCH3 is 4. The number of ketones is 1. The number of Topliss-reactive ketones (excluding diaryl/α,β-unsaturated/α-hetero) is 1. The Labute approximate surface area is 229 Å². The van der Waals surface area contributed by atoms with Gasteiger partial charge in [0.1, 0.15) is 30.5 Å². The van der Waals surface area contributed by atoms with Crippen LogP contribution in [0.15, 0.2) is 42.2 Å². The van der Waals surface area contributed by atoms with Crippen LogP contribution in [0.2, 0.25) is 0 Å². The number of hydrogen-bond donors (Lipinski definition) is 0. The van der Waals surface area contributed by atoms with Crippen molar-refractivity contribution in [3.63, 3.8) is 0 Å². The van der Waals surface area contributed by atoms with Crippen molar-refractivity contribution >= 4 is 17.8 Å². The van der Waals surface area contributed by atoms with Gasteiger partial charge < -0.3 is 37.9 Å². The fraction of sp³-hybridized carbons (Fsp3) is 0.267. The molecule has 0 aromatic heterocycles. The summed E-state index contributed by atoms with van der Waals surface area (Å²) in [5.74, 6) is 2.47. The average Bonchev–Trinajstić information content (AvgIpc) is 3.30. The summed E-state index contributed by atoms with van der Waals surface area (Å²) in [5.41, 5.74) is 2.25. The molecule has 0 amide bonds. The Morgan fingerprint density at radius 1 is 0.750 bits per heavy atom. The largest absolute Gasteiger partial charge is 0.496 e. The normalized spacial score (nSPS) is 17.9. The van der Waals surface area contributed by atoms with Gasteiger partial charge in [0.05, 0.1) is 40.4 Å². The van der Waals surface area contributed by atoms with E-state index in [1.807, 2.05) is 12.1 Å². The Bertz CT molecular complexity index is 1550. The molecule has 0 N–H and O–H groups in total. The molecule has 3 aromatic carbocycles. The van der Waals surface area contributed by atoms with Gasteiger partial charge in [-0.25, -0.2) is 0 Å². The van der Waals surface area contributed by atoms with Gasteiger partial charge in [-0.1, -0.05) is 0 Å². The van der Waals surface area contributed by atoms with E-state index in [0.29, 0.717) is 75.9 Å². The molecule has 0 spiro atoms. The molecule has 0 saturated heterocycles. The van der Waals surface area contributed by atoms with Gasteiger partial charge >= 0.3 is 5.97 Å². The molecule has 0 radical (unpaired) electrons.